The number of carbonyl (C=O) groups excluding carboxylic acids is 1. The van der Waals surface area contributed by atoms with Gasteiger partial charge >= 0.3 is 11.7 Å². The second-order valence-corrected chi connectivity index (χ2v) is 5.08. The Labute approximate surface area is 118 Å². The molecule has 0 fully saturated rings. The fourth-order valence-electron chi connectivity index (χ4n) is 1.43. The molecule has 0 N–H and O–H groups in total. The lowest BCUT2D eigenvalue weighted by molar-refractivity contribution is -0.141. The molecule has 1 rings (SSSR count). The fraction of sp³-hybridized carbons (Fsp3) is 0.545. The van der Waals surface area contributed by atoms with Gasteiger partial charge in [0.2, 0.25) is 0 Å². The van der Waals surface area contributed by atoms with Crippen LogP contribution in [0.15, 0.2) is 20.3 Å². The zero-order chi connectivity index (χ0) is 14.6. The molecule has 1 aromatic rings. The quantitative estimate of drug-likeness (QED) is 0.680. The molecule has 0 radical (unpaired) electrons. The van der Waals surface area contributed by atoms with E-state index in [1.54, 1.807) is 0 Å². The Balaban J connectivity index is 3.19. The number of hydrogen-bond acceptors (Lipinski definition) is 5. The Kier molecular flexibility index (Phi) is 5.49. The molecule has 0 atom stereocenters. The SMILES string of the molecule is COC(=O)Cn1cc(Br)c(=O)n(CCN(C)C)c1=O. The summed E-state index contributed by atoms with van der Waals surface area (Å²) in [6.45, 7) is 0.575. The van der Waals surface area contributed by atoms with E-state index in [1.165, 1.54) is 13.3 Å². The summed E-state index contributed by atoms with van der Waals surface area (Å²) in [5.41, 5.74) is -0.937. The molecule has 0 aliphatic carbocycles. The lowest BCUT2D eigenvalue weighted by Crippen LogP contribution is -2.42. The van der Waals surface area contributed by atoms with Gasteiger partial charge in [-0.2, -0.15) is 0 Å². The number of rotatable bonds is 5. The predicted octanol–water partition coefficient (Wildman–Crippen LogP) is -0.493. The highest BCUT2D eigenvalue weighted by Crippen LogP contribution is 1.99. The molecule has 106 valence electrons. The molecule has 0 saturated heterocycles. The second kappa shape index (κ2) is 6.67. The third-order valence-electron chi connectivity index (χ3n) is 2.49. The molecular weight excluding hydrogens is 318 g/mol. The van der Waals surface area contributed by atoms with Crippen molar-refractivity contribution in [3.63, 3.8) is 0 Å². The number of methoxy groups -OCH3 is 1. The van der Waals surface area contributed by atoms with E-state index in [-0.39, 0.29) is 17.6 Å². The summed E-state index contributed by atoms with van der Waals surface area (Å²) in [6, 6.07) is 0. The summed E-state index contributed by atoms with van der Waals surface area (Å²) < 4.78 is 6.98. The molecule has 0 saturated carbocycles. The molecule has 8 heteroatoms. The number of likely N-dealkylation sites (N-methyl/N-ethyl adjacent to an activating group) is 1. The lowest BCUT2D eigenvalue weighted by Gasteiger charge is -2.13. The van der Waals surface area contributed by atoms with Gasteiger partial charge in [0.05, 0.1) is 11.6 Å². The van der Waals surface area contributed by atoms with Gasteiger partial charge in [-0.05, 0) is 30.0 Å². The van der Waals surface area contributed by atoms with E-state index >= 15 is 0 Å². The Bertz CT molecular complexity index is 576. The van der Waals surface area contributed by atoms with Crippen LogP contribution in [-0.4, -0.2) is 47.8 Å². The number of hydrogen-bond donors (Lipinski definition) is 0. The highest BCUT2D eigenvalue weighted by atomic mass is 79.9. The molecule has 0 aliphatic heterocycles. The van der Waals surface area contributed by atoms with E-state index in [0.29, 0.717) is 6.54 Å². The van der Waals surface area contributed by atoms with Gasteiger partial charge in [-0.25, -0.2) is 4.79 Å². The first-order chi connectivity index (χ1) is 8.86. The van der Waals surface area contributed by atoms with Crippen molar-refractivity contribution in [2.45, 2.75) is 13.1 Å². The van der Waals surface area contributed by atoms with Crippen LogP contribution >= 0.6 is 15.9 Å². The average Bonchev–Trinajstić information content (AvgIpc) is 2.35. The van der Waals surface area contributed by atoms with Crippen molar-refractivity contribution in [2.75, 3.05) is 27.7 Å². The first kappa shape index (κ1) is 15.6. The summed E-state index contributed by atoms with van der Waals surface area (Å²) in [5.74, 6) is -0.549. The van der Waals surface area contributed by atoms with Crippen LogP contribution in [0, 0.1) is 0 Å². The van der Waals surface area contributed by atoms with Crippen molar-refractivity contribution in [2.24, 2.45) is 0 Å². The van der Waals surface area contributed by atoms with Crippen molar-refractivity contribution < 1.29 is 9.53 Å². The van der Waals surface area contributed by atoms with Gasteiger partial charge in [-0.15, -0.1) is 0 Å². The van der Waals surface area contributed by atoms with Crippen LogP contribution in [0.1, 0.15) is 0 Å². The Hall–Kier alpha value is -1.41. The van der Waals surface area contributed by atoms with Gasteiger partial charge in [0.15, 0.2) is 0 Å². The maximum Gasteiger partial charge on any atom is 0.331 e. The van der Waals surface area contributed by atoms with E-state index in [4.69, 9.17) is 0 Å². The van der Waals surface area contributed by atoms with Crippen molar-refractivity contribution >= 4 is 21.9 Å². The average molecular weight is 334 g/mol. The summed E-state index contributed by atoms with van der Waals surface area (Å²) in [6.07, 6.45) is 1.30. The third-order valence-corrected chi connectivity index (χ3v) is 3.04. The van der Waals surface area contributed by atoms with Crippen LogP contribution in [0.25, 0.3) is 0 Å². The molecule has 7 nitrogen and oxygen atoms in total. The predicted molar refractivity (Wildman–Crippen MR) is 73.2 cm³/mol. The number of halogens is 1. The molecule has 0 unspecified atom stereocenters. The van der Waals surface area contributed by atoms with Gasteiger partial charge < -0.3 is 9.64 Å². The summed E-state index contributed by atoms with van der Waals surface area (Å²) >= 11 is 3.09. The highest BCUT2D eigenvalue weighted by molar-refractivity contribution is 9.10. The van der Waals surface area contributed by atoms with Crippen LogP contribution in [0.3, 0.4) is 0 Å². The molecule has 1 heterocycles. The monoisotopic (exact) mass is 333 g/mol. The summed E-state index contributed by atoms with van der Waals surface area (Å²) in [7, 11) is 4.93. The number of esters is 1. The minimum Gasteiger partial charge on any atom is -0.468 e. The molecule has 0 aromatic carbocycles. The van der Waals surface area contributed by atoms with Crippen molar-refractivity contribution in [3.05, 3.63) is 31.5 Å². The normalized spacial score (nSPS) is 10.8. The van der Waals surface area contributed by atoms with E-state index in [1.807, 2.05) is 19.0 Å². The zero-order valence-corrected chi connectivity index (χ0v) is 12.6. The van der Waals surface area contributed by atoms with Crippen molar-refractivity contribution in [1.82, 2.24) is 14.0 Å². The Morgan fingerprint density at radius 1 is 1.42 bits per heavy atom. The smallest absolute Gasteiger partial charge is 0.331 e. The number of ether oxygens (including phenoxy) is 1. The van der Waals surface area contributed by atoms with Gasteiger partial charge in [-0.1, -0.05) is 0 Å². The molecule has 1 aromatic heterocycles. The largest absolute Gasteiger partial charge is 0.468 e. The molecular formula is C11H16BrN3O4. The van der Waals surface area contributed by atoms with Gasteiger partial charge in [0.25, 0.3) is 5.56 Å². The summed E-state index contributed by atoms with van der Waals surface area (Å²) in [5, 5.41) is 0. The van der Waals surface area contributed by atoms with E-state index in [2.05, 4.69) is 20.7 Å². The number of aromatic nitrogens is 2. The van der Waals surface area contributed by atoms with Gasteiger partial charge in [0, 0.05) is 19.3 Å². The second-order valence-electron chi connectivity index (χ2n) is 4.22. The molecule has 0 amide bonds. The first-order valence-electron chi connectivity index (χ1n) is 5.58. The number of carbonyl (C=O) groups is 1. The highest BCUT2D eigenvalue weighted by Gasteiger charge is 2.12. The van der Waals surface area contributed by atoms with Crippen LogP contribution in [0.5, 0.6) is 0 Å². The van der Waals surface area contributed by atoms with Gasteiger partial charge in [-0.3, -0.25) is 18.7 Å². The van der Waals surface area contributed by atoms with Crippen LogP contribution in [0.4, 0.5) is 0 Å². The van der Waals surface area contributed by atoms with Crippen LogP contribution in [0.2, 0.25) is 0 Å². The maximum absolute atomic E-state index is 12.1. The minimum absolute atomic E-state index is 0.226. The van der Waals surface area contributed by atoms with E-state index in [0.717, 1.165) is 9.13 Å². The standard InChI is InChI=1S/C11H16BrN3O4/c1-13(2)4-5-15-10(17)8(12)6-14(11(15)18)7-9(16)19-3/h6H,4-5,7H2,1-3H3. The van der Waals surface area contributed by atoms with E-state index in [9.17, 15) is 14.4 Å². The molecule has 19 heavy (non-hydrogen) atoms. The Morgan fingerprint density at radius 3 is 2.58 bits per heavy atom. The molecule has 0 spiro atoms. The number of nitrogens with zero attached hydrogens (tertiary/aromatic N) is 3. The van der Waals surface area contributed by atoms with Crippen molar-refractivity contribution in [3.8, 4) is 0 Å². The van der Waals surface area contributed by atoms with E-state index < -0.39 is 17.2 Å². The van der Waals surface area contributed by atoms with Crippen LogP contribution in [-0.2, 0) is 22.6 Å². The minimum atomic E-state index is -0.549. The summed E-state index contributed by atoms with van der Waals surface area (Å²) in [4.78, 5) is 37.0. The first-order valence-corrected chi connectivity index (χ1v) is 6.37. The fourth-order valence-corrected chi connectivity index (χ4v) is 1.89. The Morgan fingerprint density at radius 2 is 2.05 bits per heavy atom. The zero-order valence-electron chi connectivity index (χ0n) is 11.1. The topological polar surface area (TPSA) is 73.5 Å². The molecule has 0 aliphatic rings. The third kappa shape index (κ3) is 4.03. The van der Waals surface area contributed by atoms with Crippen molar-refractivity contribution in [1.29, 1.82) is 0 Å². The van der Waals surface area contributed by atoms with Crippen LogP contribution < -0.4 is 11.2 Å². The maximum atomic E-state index is 12.1. The van der Waals surface area contributed by atoms with Gasteiger partial charge in [0.1, 0.15) is 6.54 Å². The molecule has 0 bridgehead atoms. The lowest BCUT2D eigenvalue weighted by atomic mass is 10.5.